The van der Waals surface area contributed by atoms with Gasteiger partial charge in [-0.15, -0.1) is 0 Å². The highest BCUT2D eigenvalue weighted by atomic mass is 16.5. The Hall–Kier alpha value is -1.71. The van der Waals surface area contributed by atoms with Crippen LogP contribution in [0.25, 0.3) is 0 Å². The number of hydrogen-bond acceptors (Lipinski definition) is 3. The zero-order valence-electron chi connectivity index (χ0n) is 7.69. The molecule has 74 valence electrons. The van der Waals surface area contributed by atoms with Crippen LogP contribution in [0.1, 0.15) is 12.8 Å². The maximum atomic E-state index is 10.6. The lowest BCUT2D eigenvalue weighted by atomic mass is 10.2. The van der Waals surface area contributed by atoms with E-state index in [0.717, 1.165) is 11.4 Å². The van der Waals surface area contributed by atoms with Crippen LogP contribution in [-0.2, 0) is 4.79 Å². The average Bonchev–Trinajstić information content (AvgIpc) is 2.57. The number of primary amides is 1. The van der Waals surface area contributed by atoms with Crippen LogP contribution in [0, 0.1) is 0 Å². The molecule has 0 saturated heterocycles. The summed E-state index contributed by atoms with van der Waals surface area (Å²) >= 11 is 0. The van der Waals surface area contributed by atoms with Crippen LogP contribution >= 0.6 is 0 Å². The molecule has 1 heterocycles. The van der Waals surface area contributed by atoms with Crippen molar-refractivity contribution in [2.45, 2.75) is 19.1 Å². The molecular formula is C10H12N2O2. The summed E-state index contributed by atoms with van der Waals surface area (Å²) in [6.07, 6.45) is 0.815. The van der Waals surface area contributed by atoms with Gasteiger partial charge < -0.3 is 15.8 Å². The first-order valence-electron chi connectivity index (χ1n) is 4.56. The van der Waals surface area contributed by atoms with E-state index in [4.69, 9.17) is 10.5 Å². The average molecular weight is 192 g/mol. The first-order valence-corrected chi connectivity index (χ1v) is 4.56. The summed E-state index contributed by atoms with van der Waals surface area (Å²) < 4.78 is 5.54. The standard InChI is InChI=1S/C10H12N2O2/c11-9(13)5-6-10-12-7-3-1-2-4-8(7)14-10/h1-4,10,12H,5-6H2,(H2,11,13). The molecule has 1 aliphatic rings. The molecule has 14 heavy (non-hydrogen) atoms. The van der Waals surface area contributed by atoms with Gasteiger partial charge in [-0.3, -0.25) is 4.79 Å². The molecule has 0 fully saturated rings. The summed E-state index contributed by atoms with van der Waals surface area (Å²) in [5.74, 6) is 0.535. The fourth-order valence-corrected chi connectivity index (χ4v) is 1.45. The van der Waals surface area contributed by atoms with Crippen LogP contribution in [0.5, 0.6) is 5.75 Å². The second kappa shape index (κ2) is 3.57. The zero-order chi connectivity index (χ0) is 9.97. The second-order valence-corrected chi connectivity index (χ2v) is 3.25. The van der Waals surface area contributed by atoms with Crippen LogP contribution in [0.15, 0.2) is 24.3 Å². The second-order valence-electron chi connectivity index (χ2n) is 3.25. The Morgan fingerprint density at radius 2 is 2.29 bits per heavy atom. The van der Waals surface area contributed by atoms with Crippen LogP contribution in [0.3, 0.4) is 0 Å². The molecule has 4 nitrogen and oxygen atoms in total. The van der Waals surface area contributed by atoms with Crippen molar-refractivity contribution in [1.82, 2.24) is 0 Å². The third-order valence-electron chi connectivity index (χ3n) is 2.13. The summed E-state index contributed by atoms with van der Waals surface area (Å²) in [7, 11) is 0. The summed E-state index contributed by atoms with van der Waals surface area (Å²) in [5.41, 5.74) is 6.03. The minimum Gasteiger partial charge on any atom is -0.469 e. The van der Waals surface area contributed by atoms with Gasteiger partial charge in [0.1, 0.15) is 5.75 Å². The summed E-state index contributed by atoms with van der Waals surface area (Å²) in [4.78, 5) is 10.6. The van der Waals surface area contributed by atoms with Crippen LogP contribution in [0.2, 0.25) is 0 Å². The van der Waals surface area contributed by atoms with Crippen molar-refractivity contribution in [3.63, 3.8) is 0 Å². The maximum Gasteiger partial charge on any atom is 0.217 e. The smallest absolute Gasteiger partial charge is 0.217 e. The third-order valence-corrected chi connectivity index (χ3v) is 2.13. The molecular weight excluding hydrogens is 180 g/mol. The van der Waals surface area contributed by atoms with E-state index in [9.17, 15) is 4.79 Å². The highest BCUT2D eigenvalue weighted by molar-refractivity contribution is 5.73. The highest BCUT2D eigenvalue weighted by Gasteiger charge is 2.20. The lowest BCUT2D eigenvalue weighted by Crippen LogP contribution is -2.23. The Kier molecular flexibility index (Phi) is 2.26. The number of nitrogens with one attached hydrogen (secondary N) is 1. The summed E-state index contributed by atoms with van der Waals surface area (Å²) in [5, 5.41) is 3.16. The van der Waals surface area contributed by atoms with Crippen molar-refractivity contribution < 1.29 is 9.53 Å². The molecule has 1 aliphatic heterocycles. The summed E-state index contributed by atoms with van der Waals surface area (Å²) in [6.45, 7) is 0. The SMILES string of the molecule is NC(=O)CCC1Nc2ccccc2O1. The molecule has 1 unspecified atom stereocenters. The number of para-hydroxylation sites is 2. The van der Waals surface area contributed by atoms with Crippen molar-refractivity contribution in [1.29, 1.82) is 0 Å². The fraction of sp³-hybridized carbons (Fsp3) is 0.300. The van der Waals surface area contributed by atoms with Crippen LogP contribution in [0.4, 0.5) is 5.69 Å². The number of carbonyl (C=O) groups is 1. The van der Waals surface area contributed by atoms with E-state index < -0.39 is 0 Å². The van der Waals surface area contributed by atoms with Crippen LogP contribution in [-0.4, -0.2) is 12.1 Å². The van der Waals surface area contributed by atoms with Gasteiger partial charge >= 0.3 is 0 Å². The van der Waals surface area contributed by atoms with E-state index in [2.05, 4.69) is 5.32 Å². The minimum absolute atomic E-state index is 0.125. The van der Waals surface area contributed by atoms with E-state index >= 15 is 0 Å². The normalized spacial score (nSPS) is 18.1. The van der Waals surface area contributed by atoms with Gasteiger partial charge in [-0.25, -0.2) is 0 Å². The quantitative estimate of drug-likeness (QED) is 0.753. The Morgan fingerprint density at radius 1 is 1.50 bits per heavy atom. The predicted octanol–water partition coefficient (Wildman–Crippen LogP) is 1.08. The fourth-order valence-electron chi connectivity index (χ4n) is 1.45. The molecule has 1 aromatic carbocycles. The van der Waals surface area contributed by atoms with E-state index in [-0.39, 0.29) is 12.1 Å². The number of benzene rings is 1. The van der Waals surface area contributed by atoms with Gasteiger partial charge in [0.2, 0.25) is 5.91 Å². The Morgan fingerprint density at radius 3 is 3.00 bits per heavy atom. The third kappa shape index (κ3) is 1.79. The van der Waals surface area contributed by atoms with Crippen molar-refractivity contribution in [3.05, 3.63) is 24.3 Å². The van der Waals surface area contributed by atoms with Crippen LogP contribution < -0.4 is 15.8 Å². The van der Waals surface area contributed by atoms with Gasteiger partial charge in [0.15, 0.2) is 6.23 Å². The molecule has 0 aromatic heterocycles. The number of anilines is 1. The first-order chi connectivity index (χ1) is 6.75. The number of fused-ring (bicyclic) bond motifs is 1. The number of carbonyl (C=O) groups excluding carboxylic acids is 1. The first kappa shape index (κ1) is 8.87. The van der Waals surface area contributed by atoms with Crippen molar-refractivity contribution >= 4 is 11.6 Å². The Labute approximate surface area is 82.1 Å². The Balaban J connectivity index is 1.95. The molecule has 0 aliphatic carbocycles. The highest BCUT2D eigenvalue weighted by Crippen LogP contribution is 2.32. The summed E-state index contributed by atoms with van der Waals surface area (Å²) in [6, 6.07) is 7.69. The van der Waals surface area contributed by atoms with Crippen molar-refractivity contribution in [2.75, 3.05) is 5.32 Å². The zero-order valence-corrected chi connectivity index (χ0v) is 7.69. The van der Waals surface area contributed by atoms with Crippen molar-refractivity contribution in [2.24, 2.45) is 5.73 Å². The number of ether oxygens (including phenoxy) is 1. The number of rotatable bonds is 3. The molecule has 0 spiro atoms. The molecule has 0 saturated carbocycles. The molecule has 1 aromatic rings. The number of amides is 1. The molecule has 4 heteroatoms. The minimum atomic E-state index is -0.300. The molecule has 0 bridgehead atoms. The number of nitrogens with two attached hydrogens (primary N) is 1. The van der Waals surface area contributed by atoms with Crippen molar-refractivity contribution in [3.8, 4) is 5.75 Å². The predicted molar refractivity (Wildman–Crippen MR) is 52.9 cm³/mol. The topological polar surface area (TPSA) is 64.4 Å². The van der Waals surface area contributed by atoms with Gasteiger partial charge in [0.05, 0.1) is 5.69 Å². The van der Waals surface area contributed by atoms with Gasteiger partial charge in [-0.2, -0.15) is 0 Å². The molecule has 2 rings (SSSR count). The maximum absolute atomic E-state index is 10.6. The van der Waals surface area contributed by atoms with Gasteiger partial charge in [0, 0.05) is 12.8 Å². The molecule has 1 atom stereocenters. The van der Waals surface area contributed by atoms with Gasteiger partial charge in [-0.1, -0.05) is 12.1 Å². The molecule has 3 N–H and O–H groups in total. The lowest BCUT2D eigenvalue weighted by Gasteiger charge is -2.09. The van der Waals surface area contributed by atoms with E-state index in [1.165, 1.54) is 0 Å². The van der Waals surface area contributed by atoms with E-state index in [0.29, 0.717) is 12.8 Å². The van der Waals surface area contributed by atoms with E-state index in [1.54, 1.807) is 0 Å². The Bertz CT molecular complexity index is 327. The largest absolute Gasteiger partial charge is 0.469 e. The molecule has 1 amide bonds. The van der Waals surface area contributed by atoms with E-state index in [1.807, 2.05) is 24.3 Å². The molecule has 0 radical (unpaired) electrons. The monoisotopic (exact) mass is 192 g/mol. The van der Waals surface area contributed by atoms with Gasteiger partial charge in [0.25, 0.3) is 0 Å². The van der Waals surface area contributed by atoms with Gasteiger partial charge in [-0.05, 0) is 12.1 Å². The number of hydrogen-bond donors (Lipinski definition) is 2. The lowest BCUT2D eigenvalue weighted by molar-refractivity contribution is -0.118.